The second-order valence-corrected chi connectivity index (χ2v) is 6.10. The Morgan fingerprint density at radius 1 is 1.15 bits per heavy atom. The van der Waals surface area contributed by atoms with Gasteiger partial charge < -0.3 is 9.64 Å². The number of halogens is 1. The summed E-state index contributed by atoms with van der Waals surface area (Å²) in [6.07, 6.45) is 1.62. The molecule has 0 fully saturated rings. The highest BCUT2D eigenvalue weighted by Crippen LogP contribution is 2.31. The summed E-state index contributed by atoms with van der Waals surface area (Å²) in [7, 11) is 1.99. The lowest BCUT2D eigenvalue weighted by atomic mass is 10.1. The van der Waals surface area contributed by atoms with Gasteiger partial charge in [-0.1, -0.05) is 42.0 Å². The number of pyridine rings is 1. The highest BCUT2D eigenvalue weighted by atomic mass is 35.5. The smallest absolute Gasteiger partial charge is 0.341 e. The summed E-state index contributed by atoms with van der Waals surface area (Å²) < 4.78 is 5.24. The summed E-state index contributed by atoms with van der Waals surface area (Å²) in [5.41, 5.74) is 4.53. The Hall–Kier alpha value is -2.59. The Labute approximate surface area is 160 Å². The van der Waals surface area contributed by atoms with Gasteiger partial charge in [-0.05, 0) is 31.5 Å². The molecule has 0 aliphatic rings. The number of fused-ring (bicyclic) bond motifs is 1. The fourth-order valence-corrected chi connectivity index (χ4v) is 3.00. The van der Waals surface area contributed by atoms with Crippen molar-refractivity contribution in [1.29, 1.82) is 0 Å². The topological polar surface area (TPSA) is 42.4 Å². The normalized spacial score (nSPS) is 10.3. The third kappa shape index (κ3) is 4.14. The summed E-state index contributed by atoms with van der Waals surface area (Å²) >= 11 is 0. The van der Waals surface area contributed by atoms with Crippen molar-refractivity contribution in [2.45, 2.75) is 20.4 Å². The van der Waals surface area contributed by atoms with Gasteiger partial charge >= 0.3 is 5.97 Å². The molecule has 0 aliphatic heterocycles. The Bertz CT molecular complexity index is 897. The minimum Gasteiger partial charge on any atom is -0.462 e. The largest absolute Gasteiger partial charge is 0.462 e. The minimum atomic E-state index is -0.340. The fraction of sp³-hybridized carbons (Fsp3) is 0.238. The summed E-state index contributed by atoms with van der Waals surface area (Å²) in [5.74, 6) is -0.340. The third-order valence-electron chi connectivity index (χ3n) is 4.13. The quantitative estimate of drug-likeness (QED) is 0.606. The van der Waals surface area contributed by atoms with Gasteiger partial charge in [0.15, 0.2) is 0 Å². The van der Waals surface area contributed by atoms with Crippen LogP contribution in [0, 0.1) is 6.92 Å². The summed E-state index contributed by atoms with van der Waals surface area (Å²) in [6, 6.07) is 16.3. The predicted octanol–water partition coefficient (Wildman–Crippen LogP) is 4.78. The van der Waals surface area contributed by atoms with Crippen LogP contribution in [0.5, 0.6) is 0 Å². The first-order valence-corrected chi connectivity index (χ1v) is 8.41. The Kier molecular flexibility index (Phi) is 6.58. The zero-order chi connectivity index (χ0) is 17.8. The molecule has 1 aromatic heterocycles. The molecule has 0 saturated carbocycles. The maximum Gasteiger partial charge on any atom is 0.341 e. The summed E-state index contributed by atoms with van der Waals surface area (Å²) in [5, 5.41) is 0.962. The van der Waals surface area contributed by atoms with Gasteiger partial charge in [0.1, 0.15) is 5.56 Å². The van der Waals surface area contributed by atoms with Gasteiger partial charge in [-0.15, -0.1) is 12.4 Å². The van der Waals surface area contributed by atoms with E-state index in [-0.39, 0.29) is 18.4 Å². The number of benzene rings is 2. The van der Waals surface area contributed by atoms with Crippen LogP contribution < -0.4 is 4.90 Å². The van der Waals surface area contributed by atoms with Gasteiger partial charge in [0.05, 0.1) is 17.8 Å². The van der Waals surface area contributed by atoms with E-state index in [4.69, 9.17) is 4.74 Å². The first-order chi connectivity index (χ1) is 12.1. The first-order valence-electron chi connectivity index (χ1n) is 8.41. The molecule has 0 aliphatic carbocycles. The zero-order valence-corrected chi connectivity index (χ0v) is 16.0. The molecule has 0 saturated heterocycles. The first kappa shape index (κ1) is 19.7. The number of carbonyl (C=O) groups is 1. The van der Waals surface area contributed by atoms with Crippen molar-refractivity contribution in [2.24, 2.45) is 0 Å². The van der Waals surface area contributed by atoms with Crippen molar-refractivity contribution in [1.82, 2.24) is 4.98 Å². The van der Waals surface area contributed by atoms with Gasteiger partial charge in [-0.3, -0.25) is 4.98 Å². The molecule has 136 valence electrons. The fourth-order valence-electron chi connectivity index (χ4n) is 3.00. The average Bonchev–Trinajstić information content (AvgIpc) is 2.61. The third-order valence-corrected chi connectivity index (χ3v) is 4.13. The highest BCUT2D eigenvalue weighted by molar-refractivity contribution is 6.05. The van der Waals surface area contributed by atoms with E-state index in [1.807, 2.05) is 51.2 Å². The van der Waals surface area contributed by atoms with Gasteiger partial charge in [-0.25, -0.2) is 4.79 Å². The SMILES string of the molecule is CCOC(=O)c1cnc2ccc(C)cc2c1N(C)Cc1ccccc1.Cl. The number of hydrogen-bond donors (Lipinski definition) is 0. The number of carbonyl (C=O) groups excluding carboxylic acids is 1. The van der Waals surface area contributed by atoms with Crippen LogP contribution in [0.3, 0.4) is 0 Å². The molecule has 0 radical (unpaired) electrons. The van der Waals surface area contributed by atoms with Crippen LogP contribution in [0.1, 0.15) is 28.4 Å². The van der Waals surface area contributed by atoms with Crippen LogP contribution in [0.4, 0.5) is 5.69 Å². The van der Waals surface area contributed by atoms with Crippen LogP contribution in [0.25, 0.3) is 10.9 Å². The van der Waals surface area contributed by atoms with Crippen LogP contribution in [0.15, 0.2) is 54.7 Å². The summed E-state index contributed by atoms with van der Waals surface area (Å²) in [4.78, 5) is 19.0. The van der Waals surface area contributed by atoms with E-state index in [0.717, 1.165) is 22.2 Å². The van der Waals surface area contributed by atoms with E-state index in [2.05, 4.69) is 28.1 Å². The molecule has 1 heterocycles. The van der Waals surface area contributed by atoms with Crippen molar-refractivity contribution >= 4 is 35.0 Å². The maximum absolute atomic E-state index is 12.5. The van der Waals surface area contributed by atoms with Crippen molar-refractivity contribution in [2.75, 3.05) is 18.6 Å². The second kappa shape index (κ2) is 8.68. The van der Waals surface area contributed by atoms with E-state index in [9.17, 15) is 4.79 Å². The van der Waals surface area contributed by atoms with Crippen molar-refractivity contribution < 1.29 is 9.53 Å². The average molecular weight is 371 g/mol. The Balaban J connectivity index is 0.00000243. The number of aryl methyl sites for hydroxylation is 1. The molecule has 0 bridgehead atoms. The number of anilines is 1. The molecular formula is C21H23ClN2O2. The number of ether oxygens (including phenoxy) is 1. The molecule has 0 spiro atoms. The molecule has 2 aromatic carbocycles. The number of nitrogens with zero attached hydrogens (tertiary/aromatic N) is 2. The molecule has 4 nitrogen and oxygen atoms in total. The minimum absolute atomic E-state index is 0. The van der Waals surface area contributed by atoms with Crippen molar-refractivity contribution in [3.8, 4) is 0 Å². The second-order valence-electron chi connectivity index (χ2n) is 6.10. The molecule has 3 rings (SSSR count). The van der Waals surface area contributed by atoms with E-state index >= 15 is 0 Å². The van der Waals surface area contributed by atoms with Crippen LogP contribution in [-0.2, 0) is 11.3 Å². The van der Waals surface area contributed by atoms with Gasteiger partial charge in [-0.2, -0.15) is 0 Å². The molecule has 0 atom stereocenters. The number of rotatable bonds is 5. The van der Waals surface area contributed by atoms with Crippen molar-refractivity contribution in [3.63, 3.8) is 0 Å². The van der Waals surface area contributed by atoms with Crippen LogP contribution in [0.2, 0.25) is 0 Å². The Morgan fingerprint density at radius 2 is 1.88 bits per heavy atom. The van der Waals surface area contributed by atoms with Gasteiger partial charge in [0.2, 0.25) is 0 Å². The molecule has 0 amide bonds. The highest BCUT2D eigenvalue weighted by Gasteiger charge is 2.20. The molecule has 0 N–H and O–H groups in total. The molecule has 3 aromatic rings. The number of aromatic nitrogens is 1. The van der Waals surface area contributed by atoms with Crippen LogP contribution in [-0.4, -0.2) is 24.6 Å². The van der Waals surface area contributed by atoms with E-state index < -0.39 is 0 Å². The number of esters is 1. The predicted molar refractivity (Wildman–Crippen MR) is 108 cm³/mol. The zero-order valence-electron chi connectivity index (χ0n) is 15.2. The van der Waals surface area contributed by atoms with E-state index in [0.29, 0.717) is 18.7 Å². The van der Waals surface area contributed by atoms with E-state index in [1.165, 1.54) is 5.56 Å². The molecule has 5 heteroatoms. The van der Waals surface area contributed by atoms with Gasteiger partial charge in [0, 0.05) is 25.2 Å². The monoisotopic (exact) mass is 370 g/mol. The van der Waals surface area contributed by atoms with Crippen LogP contribution >= 0.6 is 12.4 Å². The number of hydrogen-bond acceptors (Lipinski definition) is 4. The molecule has 26 heavy (non-hydrogen) atoms. The lowest BCUT2D eigenvalue weighted by Gasteiger charge is -2.24. The standard InChI is InChI=1S/C21H22N2O2.ClH/c1-4-25-21(24)18-13-22-19-11-10-15(2)12-17(19)20(18)23(3)14-16-8-6-5-7-9-16;/h5-13H,4,14H2,1-3H3;1H. The van der Waals surface area contributed by atoms with Gasteiger partial charge in [0.25, 0.3) is 0 Å². The summed E-state index contributed by atoms with van der Waals surface area (Å²) in [6.45, 7) is 4.88. The molecular weight excluding hydrogens is 348 g/mol. The lowest BCUT2D eigenvalue weighted by molar-refractivity contribution is 0.0527. The Morgan fingerprint density at radius 3 is 2.58 bits per heavy atom. The molecule has 0 unspecified atom stereocenters. The lowest BCUT2D eigenvalue weighted by Crippen LogP contribution is -2.21. The van der Waals surface area contributed by atoms with E-state index in [1.54, 1.807) is 6.20 Å². The maximum atomic E-state index is 12.5. The van der Waals surface area contributed by atoms with Crippen molar-refractivity contribution in [3.05, 3.63) is 71.4 Å².